The van der Waals surface area contributed by atoms with E-state index in [0.717, 1.165) is 31.6 Å². The van der Waals surface area contributed by atoms with Gasteiger partial charge in [0, 0.05) is 30.9 Å². The molecule has 2 rings (SSSR count). The Morgan fingerprint density at radius 1 is 1.31 bits per heavy atom. The Kier molecular flexibility index (Phi) is 3.56. The summed E-state index contributed by atoms with van der Waals surface area (Å²) in [5.74, 6) is -0.134. The van der Waals surface area contributed by atoms with E-state index in [1.807, 2.05) is 12.1 Å². The summed E-state index contributed by atoms with van der Waals surface area (Å²) < 4.78 is 18.7. The van der Waals surface area contributed by atoms with Crippen molar-refractivity contribution in [2.24, 2.45) is 0 Å². The lowest BCUT2D eigenvalue weighted by Crippen LogP contribution is -2.46. The second kappa shape index (κ2) is 4.93. The first-order valence-electron chi connectivity index (χ1n) is 5.76. The predicted octanol–water partition coefficient (Wildman–Crippen LogP) is 2.48. The largest absolute Gasteiger partial charge is 0.381 e. The van der Waals surface area contributed by atoms with Crippen molar-refractivity contribution < 1.29 is 9.13 Å². The van der Waals surface area contributed by atoms with Crippen LogP contribution in [0.15, 0.2) is 24.3 Å². The zero-order valence-electron chi connectivity index (χ0n) is 9.63. The standard InChI is InChI=1S/C13H18FNO/c1-13(6-8-16-9-7-13)15-10-11-4-2-3-5-12(11)14/h2-5,15H,6-10H2,1H3. The molecule has 1 N–H and O–H groups in total. The molecule has 1 fully saturated rings. The van der Waals surface area contributed by atoms with Gasteiger partial charge in [-0.3, -0.25) is 0 Å². The van der Waals surface area contributed by atoms with E-state index in [-0.39, 0.29) is 11.4 Å². The molecule has 0 radical (unpaired) electrons. The normalized spacial score (nSPS) is 19.6. The molecule has 0 unspecified atom stereocenters. The smallest absolute Gasteiger partial charge is 0.127 e. The van der Waals surface area contributed by atoms with Gasteiger partial charge in [0.1, 0.15) is 5.82 Å². The summed E-state index contributed by atoms with van der Waals surface area (Å²) in [6, 6.07) is 6.91. The van der Waals surface area contributed by atoms with Crippen LogP contribution in [0.1, 0.15) is 25.3 Å². The van der Waals surface area contributed by atoms with E-state index in [0.29, 0.717) is 6.54 Å². The number of ether oxygens (including phenoxy) is 1. The molecule has 0 aliphatic carbocycles. The van der Waals surface area contributed by atoms with Gasteiger partial charge in [0.05, 0.1) is 0 Å². The minimum absolute atomic E-state index is 0.0839. The van der Waals surface area contributed by atoms with Crippen molar-refractivity contribution in [1.82, 2.24) is 5.32 Å². The molecule has 1 aliphatic rings. The van der Waals surface area contributed by atoms with E-state index >= 15 is 0 Å². The molecule has 1 aromatic rings. The van der Waals surface area contributed by atoms with E-state index in [4.69, 9.17) is 4.74 Å². The third-order valence-electron chi connectivity index (χ3n) is 3.26. The number of hydrogen-bond donors (Lipinski definition) is 1. The van der Waals surface area contributed by atoms with Crippen LogP contribution >= 0.6 is 0 Å². The summed E-state index contributed by atoms with van der Waals surface area (Å²) in [5, 5.41) is 3.44. The van der Waals surface area contributed by atoms with Crippen LogP contribution in [0.3, 0.4) is 0 Å². The number of benzene rings is 1. The Morgan fingerprint density at radius 2 is 2.00 bits per heavy atom. The van der Waals surface area contributed by atoms with Gasteiger partial charge in [-0.05, 0) is 25.8 Å². The van der Waals surface area contributed by atoms with Crippen molar-refractivity contribution >= 4 is 0 Å². The van der Waals surface area contributed by atoms with Crippen LogP contribution in [0.5, 0.6) is 0 Å². The van der Waals surface area contributed by atoms with Gasteiger partial charge < -0.3 is 10.1 Å². The number of rotatable bonds is 3. The average Bonchev–Trinajstić information content (AvgIpc) is 2.29. The van der Waals surface area contributed by atoms with Crippen molar-refractivity contribution in [2.75, 3.05) is 13.2 Å². The Hall–Kier alpha value is -0.930. The van der Waals surface area contributed by atoms with Gasteiger partial charge in [0.25, 0.3) is 0 Å². The van der Waals surface area contributed by atoms with Crippen LogP contribution in [0.4, 0.5) is 4.39 Å². The minimum Gasteiger partial charge on any atom is -0.381 e. The van der Waals surface area contributed by atoms with Crippen LogP contribution in [0.25, 0.3) is 0 Å². The monoisotopic (exact) mass is 223 g/mol. The second-order valence-electron chi connectivity index (χ2n) is 4.62. The molecule has 0 spiro atoms. The van der Waals surface area contributed by atoms with Crippen molar-refractivity contribution in [2.45, 2.75) is 31.8 Å². The van der Waals surface area contributed by atoms with Crippen molar-refractivity contribution in [1.29, 1.82) is 0 Å². The molecular weight excluding hydrogens is 205 g/mol. The van der Waals surface area contributed by atoms with Crippen LogP contribution in [-0.2, 0) is 11.3 Å². The molecule has 0 bridgehead atoms. The van der Waals surface area contributed by atoms with Gasteiger partial charge in [-0.1, -0.05) is 18.2 Å². The predicted molar refractivity (Wildman–Crippen MR) is 61.7 cm³/mol. The van der Waals surface area contributed by atoms with Gasteiger partial charge in [-0.15, -0.1) is 0 Å². The van der Waals surface area contributed by atoms with E-state index < -0.39 is 0 Å². The van der Waals surface area contributed by atoms with Gasteiger partial charge >= 0.3 is 0 Å². The molecule has 3 heteroatoms. The lowest BCUT2D eigenvalue weighted by Gasteiger charge is -2.34. The highest BCUT2D eigenvalue weighted by Crippen LogP contribution is 2.20. The zero-order valence-corrected chi connectivity index (χ0v) is 9.63. The highest BCUT2D eigenvalue weighted by atomic mass is 19.1. The minimum atomic E-state index is -0.134. The van der Waals surface area contributed by atoms with Crippen LogP contribution < -0.4 is 5.32 Å². The Labute approximate surface area is 95.8 Å². The van der Waals surface area contributed by atoms with Gasteiger partial charge in [0.15, 0.2) is 0 Å². The first-order chi connectivity index (χ1) is 7.70. The molecular formula is C13H18FNO. The number of hydrogen-bond acceptors (Lipinski definition) is 2. The van der Waals surface area contributed by atoms with E-state index in [2.05, 4.69) is 12.2 Å². The third kappa shape index (κ3) is 2.80. The summed E-state index contributed by atoms with van der Waals surface area (Å²) in [4.78, 5) is 0. The maximum Gasteiger partial charge on any atom is 0.127 e. The molecule has 1 aromatic carbocycles. The van der Waals surface area contributed by atoms with Crippen LogP contribution in [0.2, 0.25) is 0 Å². The summed E-state index contributed by atoms with van der Waals surface area (Å²) in [7, 11) is 0. The topological polar surface area (TPSA) is 21.3 Å². The van der Waals surface area contributed by atoms with Crippen molar-refractivity contribution in [3.8, 4) is 0 Å². The molecule has 0 amide bonds. The highest BCUT2D eigenvalue weighted by Gasteiger charge is 2.26. The maximum atomic E-state index is 13.4. The molecule has 1 saturated heterocycles. The molecule has 16 heavy (non-hydrogen) atoms. The maximum absolute atomic E-state index is 13.4. The van der Waals surface area contributed by atoms with Crippen LogP contribution in [0, 0.1) is 5.82 Å². The highest BCUT2D eigenvalue weighted by molar-refractivity contribution is 5.17. The molecule has 2 nitrogen and oxygen atoms in total. The van der Waals surface area contributed by atoms with Gasteiger partial charge in [-0.2, -0.15) is 0 Å². The van der Waals surface area contributed by atoms with Gasteiger partial charge in [-0.25, -0.2) is 4.39 Å². The van der Waals surface area contributed by atoms with Crippen molar-refractivity contribution in [3.05, 3.63) is 35.6 Å². The first-order valence-corrected chi connectivity index (χ1v) is 5.76. The Morgan fingerprint density at radius 3 is 2.69 bits per heavy atom. The fraction of sp³-hybridized carbons (Fsp3) is 0.538. The molecule has 1 heterocycles. The van der Waals surface area contributed by atoms with Gasteiger partial charge in [0.2, 0.25) is 0 Å². The Bertz CT molecular complexity index is 348. The second-order valence-corrected chi connectivity index (χ2v) is 4.62. The molecule has 0 atom stereocenters. The molecule has 1 aliphatic heterocycles. The quantitative estimate of drug-likeness (QED) is 0.850. The van der Waals surface area contributed by atoms with E-state index in [1.54, 1.807) is 6.07 Å². The number of nitrogens with one attached hydrogen (secondary N) is 1. The number of halogens is 1. The fourth-order valence-corrected chi connectivity index (χ4v) is 1.95. The summed E-state index contributed by atoms with van der Waals surface area (Å²) in [6.07, 6.45) is 1.98. The average molecular weight is 223 g/mol. The van der Waals surface area contributed by atoms with Crippen molar-refractivity contribution in [3.63, 3.8) is 0 Å². The summed E-state index contributed by atoms with van der Waals surface area (Å²) >= 11 is 0. The SMILES string of the molecule is CC1(NCc2ccccc2F)CCOCC1. The molecule has 0 saturated carbocycles. The Balaban J connectivity index is 1.94. The molecule has 0 aromatic heterocycles. The lowest BCUT2D eigenvalue weighted by molar-refractivity contribution is 0.0445. The summed E-state index contributed by atoms with van der Waals surface area (Å²) in [5.41, 5.74) is 0.816. The zero-order chi connectivity index (χ0) is 11.4. The fourth-order valence-electron chi connectivity index (χ4n) is 1.95. The first kappa shape index (κ1) is 11.6. The lowest BCUT2D eigenvalue weighted by atomic mass is 9.92. The third-order valence-corrected chi connectivity index (χ3v) is 3.26. The van der Waals surface area contributed by atoms with E-state index in [9.17, 15) is 4.39 Å². The summed E-state index contributed by atoms with van der Waals surface area (Å²) in [6.45, 7) is 4.35. The molecule has 88 valence electrons. The van der Waals surface area contributed by atoms with E-state index in [1.165, 1.54) is 6.07 Å². The van der Waals surface area contributed by atoms with Crippen LogP contribution in [-0.4, -0.2) is 18.8 Å².